The summed E-state index contributed by atoms with van der Waals surface area (Å²) in [4.78, 5) is 35.0. The zero-order chi connectivity index (χ0) is 54.4. The molecule has 3 aliphatic heterocycles. The maximum absolute atomic E-state index is 14.6. The van der Waals surface area contributed by atoms with E-state index in [1.165, 1.54) is 21.1 Å². The number of ether oxygens (including phenoxy) is 7. The van der Waals surface area contributed by atoms with Gasteiger partial charge < -0.3 is 58.5 Å². The zero-order valence-corrected chi connectivity index (χ0v) is 45.7. The van der Waals surface area contributed by atoms with Crippen LogP contribution in [0.3, 0.4) is 0 Å². The average molecular weight is 1040 g/mol. The van der Waals surface area contributed by atoms with Crippen LogP contribution in [0.1, 0.15) is 112 Å². The number of hydrogen-bond acceptors (Lipinski definition) is 17. The number of nitrogens with zero attached hydrogens (tertiary/aromatic N) is 5. The summed E-state index contributed by atoms with van der Waals surface area (Å²) in [6.45, 7) is 16.8. The number of aliphatic hydroxyl groups excluding tert-OH is 3. The number of hydrogen-bond donors (Lipinski definition) is 4. The van der Waals surface area contributed by atoms with Gasteiger partial charge in [0.25, 0.3) is 0 Å². The largest absolute Gasteiger partial charge is 0.459 e. The van der Waals surface area contributed by atoms with E-state index in [0.29, 0.717) is 31.5 Å². The summed E-state index contributed by atoms with van der Waals surface area (Å²) in [6.07, 6.45) is -3.71. The number of rotatable bonds is 16. The molecule has 0 aliphatic carbocycles. The van der Waals surface area contributed by atoms with Gasteiger partial charge in [-0.25, -0.2) is 9.07 Å². The Morgan fingerprint density at radius 3 is 2.22 bits per heavy atom. The van der Waals surface area contributed by atoms with Crippen molar-refractivity contribution < 1.29 is 67.6 Å². The number of halogens is 1. The van der Waals surface area contributed by atoms with Gasteiger partial charge in [0, 0.05) is 76.0 Å². The number of benzene rings is 1. The molecule has 3 saturated heterocycles. The van der Waals surface area contributed by atoms with Gasteiger partial charge in [-0.05, 0) is 97.0 Å². The monoisotopic (exact) mass is 1040 g/mol. The molecule has 19 heteroatoms. The highest BCUT2D eigenvalue weighted by atomic mass is 19.1. The summed E-state index contributed by atoms with van der Waals surface area (Å²) in [7, 11) is 4.88. The first-order valence-electron chi connectivity index (χ1n) is 26.3. The smallest absolute Gasteiger partial charge is 0.311 e. The van der Waals surface area contributed by atoms with E-state index in [1.807, 2.05) is 62.2 Å². The lowest BCUT2D eigenvalue weighted by Crippen LogP contribution is -2.61. The summed E-state index contributed by atoms with van der Waals surface area (Å²) >= 11 is 0. The van der Waals surface area contributed by atoms with Crippen molar-refractivity contribution in [1.29, 1.82) is 0 Å². The molecule has 74 heavy (non-hydrogen) atoms. The normalized spacial score (nSPS) is 38.3. The van der Waals surface area contributed by atoms with Crippen LogP contribution < -0.4 is 0 Å². The Labute approximate surface area is 436 Å². The Morgan fingerprint density at radius 1 is 0.905 bits per heavy atom. The highest BCUT2D eigenvalue weighted by Gasteiger charge is 2.54. The standard InChI is InChI=1S/C55H84FN5O13/c1-14-43-55(10,67)48(64)33(4)45(62)31(2)26-54(9,69-13)50(34(5)47(35(6)51(66)72-43)73-44-27-53(8,68-12)49(65)36(7)71-44)74-52-46(63)42(24-32(3)70-52)60(11)23-21-40-30-61(59-58-40)41(28-56)25-37-17-19-38(20-18-37)39-16-15-22-57-29-39/h15-20,22,29-36,41-44,46-50,52,63-65,67H,14,21,23-28H2,1-13H3/t31-,32-,33+,34+,35-,36+,41+,42+,43-,44+,46-,47+,48-,49+,50-,52+,53-,54-,55-/m1/s1. The molecular weight excluding hydrogens is 958 g/mol. The third kappa shape index (κ3) is 13.3. The number of aliphatic hydroxyl groups is 4. The highest BCUT2D eigenvalue weighted by molar-refractivity contribution is 5.83. The fourth-order valence-electron chi connectivity index (χ4n) is 11.4. The van der Waals surface area contributed by atoms with Crippen molar-refractivity contribution in [2.45, 2.75) is 198 Å². The molecule has 0 amide bonds. The van der Waals surface area contributed by atoms with Crippen LogP contribution in [0.5, 0.6) is 0 Å². The SMILES string of the molecule is CC[C@H]1OC(=O)[C@H](C)[C@@H](O[C@H]2C[C@@](C)(OC)[C@@H](O)[C@H](C)O2)[C@H](C)[C@@H](O[C@@H]2O[C@H](C)C[C@H](N(C)CCc3cn([C@H](CF)Cc4ccc(-c5cccnc5)cc4)nn3)[C@H]2O)[C@](C)(OC)C[C@@H](C)C(=O)[C@H](C)[C@@H](O)[C@]1(C)O. The summed E-state index contributed by atoms with van der Waals surface area (Å²) in [5.41, 5.74) is -0.814. The van der Waals surface area contributed by atoms with E-state index < -0.39 is 127 Å². The van der Waals surface area contributed by atoms with E-state index in [0.717, 1.165) is 16.7 Å². The fourth-order valence-corrected chi connectivity index (χ4v) is 11.4. The minimum Gasteiger partial charge on any atom is -0.459 e. The Hall–Kier alpha value is -3.86. The van der Waals surface area contributed by atoms with Crippen LogP contribution >= 0.6 is 0 Å². The maximum atomic E-state index is 14.6. The Morgan fingerprint density at radius 2 is 1.59 bits per heavy atom. The lowest BCUT2D eigenvalue weighted by atomic mass is 9.74. The number of Topliss-reactive ketones (excluding diaryl/α,β-unsaturated/α-hetero) is 1. The number of aromatic nitrogens is 4. The first kappa shape index (κ1) is 59.4. The molecule has 2 aromatic heterocycles. The maximum Gasteiger partial charge on any atom is 0.311 e. The van der Waals surface area contributed by atoms with Gasteiger partial charge in [-0.1, -0.05) is 63.2 Å². The first-order valence-corrected chi connectivity index (χ1v) is 26.3. The van der Waals surface area contributed by atoms with Crippen molar-refractivity contribution in [3.8, 4) is 11.1 Å². The van der Waals surface area contributed by atoms with E-state index in [9.17, 15) is 34.4 Å². The number of methoxy groups -OCH3 is 2. The summed E-state index contributed by atoms with van der Waals surface area (Å²) < 4.78 is 60.9. The van der Waals surface area contributed by atoms with Crippen molar-refractivity contribution in [3.63, 3.8) is 0 Å². The number of ketones is 1. The van der Waals surface area contributed by atoms with Gasteiger partial charge in [-0.2, -0.15) is 0 Å². The number of esters is 1. The van der Waals surface area contributed by atoms with Crippen LogP contribution in [0.2, 0.25) is 0 Å². The van der Waals surface area contributed by atoms with Gasteiger partial charge in [-0.15, -0.1) is 5.10 Å². The fraction of sp³-hybridized carbons (Fsp3) is 0.727. The van der Waals surface area contributed by atoms with Crippen LogP contribution in [-0.2, 0) is 55.6 Å². The number of carbonyl (C=O) groups excluding carboxylic acids is 2. The molecule has 0 unspecified atom stereocenters. The van der Waals surface area contributed by atoms with Crippen LogP contribution in [0.15, 0.2) is 55.0 Å². The zero-order valence-electron chi connectivity index (χ0n) is 45.7. The van der Waals surface area contributed by atoms with E-state index in [2.05, 4.69) is 15.3 Å². The molecule has 3 fully saturated rings. The summed E-state index contributed by atoms with van der Waals surface area (Å²) in [6, 6.07) is 10.8. The molecule has 3 aromatic rings. The van der Waals surface area contributed by atoms with Crippen molar-refractivity contribution in [3.05, 3.63) is 66.2 Å². The Bertz CT molecular complexity index is 2260. The topological polar surface area (TPSA) is 227 Å². The van der Waals surface area contributed by atoms with Crippen molar-refractivity contribution in [2.24, 2.45) is 23.7 Å². The third-order valence-corrected chi connectivity index (χ3v) is 16.4. The molecule has 18 nitrogen and oxygen atoms in total. The quantitative estimate of drug-likeness (QED) is 0.131. The molecule has 4 N–H and O–H groups in total. The van der Waals surface area contributed by atoms with Gasteiger partial charge in [0.15, 0.2) is 12.6 Å². The Kier molecular flexibility index (Phi) is 20.1. The molecule has 19 atom stereocenters. The number of alkyl halides is 1. The summed E-state index contributed by atoms with van der Waals surface area (Å²) in [5, 5.41) is 55.6. The average Bonchev–Trinajstić information content (AvgIpc) is 3.87. The Balaban J connectivity index is 1.26. The highest BCUT2D eigenvalue weighted by Crippen LogP contribution is 2.42. The first-order chi connectivity index (χ1) is 34.9. The predicted molar refractivity (Wildman–Crippen MR) is 272 cm³/mol. The van der Waals surface area contributed by atoms with Gasteiger partial charge in [0.05, 0.1) is 59.4 Å². The van der Waals surface area contributed by atoms with Gasteiger partial charge in [-0.3, -0.25) is 14.6 Å². The minimum atomic E-state index is -2.01. The second-order valence-corrected chi connectivity index (χ2v) is 22.0. The molecule has 0 bridgehead atoms. The second kappa shape index (κ2) is 25.1. The summed E-state index contributed by atoms with van der Waals surface area (Å²) in [5.74, 6) is -4.82. The van der Waals surface area contributed by atoms with Gasteiger partial charge in [0.2, 0.25) is 0 Å². The molecule has 1 aromatic carbocycles. The van der Waals surface area contributed by atoms with Crippen LogP contribution in [0.25, 0.3) is 11.1 Å². The molecule has 0 radical (unpaired) electrons. The van der Waals surface area contributed by atoms with E-state index in [1.54, 1.807) is 71.7 Å². The molecule has 5 heterocycles. The van der Waals surface area contributed by atoms with Crippen molar-refractivity contribution >= 4 is 11.8 Å². The number of carbonyl (C=O) groups is 2. The van der Waals surface area contributed by atoms with Crippen molar-refractivity contribution in [1.82, 2.24) is 24.9 Å². The van der Waals surface area contributed by atoms with E-state index in [4.69, 9.17) is 33.2 Å². The number of likely N-dealkylation sites (N-methyl/N-ethyl adjacent to an activating group) is 1. The lowest BCUT2D eigenvalue weighted by molar-refractivity contribution is -0.319. The van der Waals surface area contributed by atoms with Gasteiger partial charge >= 0.3 is 5.97 Å². The number of cyclic esters (lactones) is 1. The molecule has 0 saturated carbocycles. The lowest BCUT2D eigenvalue weighted by Gasteiger charge is -2.50. The minimum absolute atomic E-state index is 0.0499. The van der Waals surface area contributed by atoms with Crippen LogP contribution in [0, 0.1) is 23.7 Å². The molecule has 6 rings (SSSR count). The second-order valence-electron chi connectivity index (χ2n) is 22.0. The third-order valence-electron chi connectivity index (χ3n) is 16.4. The molecule has 0 spiro atoms. The van der Waals surface area contributed by atoms with Gasteiger partial charge in [0.1, 0.15) is 36.4 Å². The van der Waals surface area contributed by atoms with E-state index >= 15 is 0 Å². The molecule has 414 valence electrons. The van der Waals surface area contributed by atoms with Crippen molar-refractivity contribution in [2.75, 3.05) is 34.5 Å². The molecular formula is C55H84FN5O13. The van der Waals surface area contributed by atoms with E-state index in [-0.39, 0.29) is 25.0 Å². The van der Waals surface area contributed by atoms with Crippen LogP contribution in [0.4, 0.5) is 4.39 Å². The van der Waals surface area contributed by atoms with Crippen LogP contribution in [-0.4, -0.2) is 176 Å². The predicted octanol–water partition coefficient (Wildman–Crippen LogP) is 5.46. The number of pyridine rings is 1. The molecule has 3 aliphatic rings.